The van der Waals surface area contributed by atoms with E-state index in [1.165, 1.54) is 0 Å². The molecule has 0 aromatic heterocycles. The van der Waals surface area contributed by atoms with Crippen LogP contribution in [0.5, 0.6) is 0 Å². The van der Waals surface area contributed by atoms with Gasteiger partial charge in [-0.1, -0.05) is 0 Å². The van der Waals surface area contributed by atoms with Crippen LogP contribution in [0.1, 0.15) is 6.42 Å². The van der Waals surface area contributed by atoms with Crippen molar-refractivity contribution in [2.45, 2.75) is 12.5 Å². The lowest BCUT2D eigenvalue weighted by Gasteiger charge is -2.14. The molecule has 0 aromatic carbocycles. The zero-order chi connectivity index (χ0) is 12.8. The molecule has 1 N–H and O–H groups in total. The van der Waals surface area contributed by atoms with Crippen molar-refractivity contribution in [3.05, 3.63) is 0 Å². The maximum Gasteiger partial charge on any atom is 0.328 e. The van der Waals surface area contributed by atoms with Crippen LogP contribution in [0.15, 0.2) is 0 Å². The minimum absolute atomic E-state index is 0.0529. The third kappa shape index (κ3) is 7.24. The average Bonchev–Trinajstić information content (AvgIpc) is 2.12. The first-order chi connectivity index (χ1) is 7.26. The summed E-state index contributed by atoms with van der Waals surface area (Å²) in [6.45, 7) is -0.251. The molecular weight excluding hydrogens is 237 g/mol. The summed E-state index contributed by atoms with van der Waals surface area (Å²) in [5, 5.41) is 2.11. The monoisotopic (exact) mass is 249 g/mol. The first-order valence-electron chi connectivity index (χ1n) is 4.24. The lowest BCUT2D eigenvalue weighted by Crippen LogP contribution is -2.41. The Hall–Kier alpha value is -1.09. The molecule has 0 aliphatic carbocycles. The van der Waals surface area contributed by atoms with Gasteiger partial charge in [0, 0.05) is 6.42 Å². The number of ether oxygens (including phenoxy) is 1. The van der Waals surface area contributed by atoms with Crippen molar-refractivity contribution in [1.29, 1.82) is 0 Å². The highest BCUT2D eigenvalue weighted by atomic mass is 32.2. The zero-order valence-electron chi connectivity index (χ0n) is 8.93. The van der Waals surface area contributed by atoms with Gasteiger partial charge in [0.2, 0.25) is 7.85 Å². The predicted molar refractivity (Wildman–Crippen MR) is 55.5 cm³/mol. The van der Waals surface area contributed by atoms with E-state index in [4.69, 9.17) is 7.85 Å². The fraction of sp³-hybridized carbons (Fsp3) is 0.714. The highest BCUT2D eigenvalue weighted by Gasteiger charge is 2.20. The Bertz CT molecular complexity index is 354. The van der Waals surface area contributed by atoms with Crippen molar-refractivity contribution < 1.29 is 26.9 Å². The molecule has 0 bridgehead atoms. The van der Waals surface area contributed by atoms with E-state index in [0.29, 0.717) is 0 Å². The second-order valence-electron chi connectivity index (χ2n) is 2.90. The molecule has 0 saturated carbocycles. The predicted octanol–water partition coefficient (Wildman–Crippen LogP) is -1.23. The molecule has 0 rings (SSSR count). The number of carbonyl (C=O) groups excluding carboxylic acids is 2. The topological polar surface area (TPSA) is 98.8 Å². The van der Waals surface area contributed by atoms with E-state index in [1.807, 2.05) is 0 Å². The molecule has 1 unspecified atom stereocenters. The molecule has 0 aliphatic heterocycles. The van der Waals surface area contributed by atoms with Gasteiger partial charge in [-0.2, -0.15) is 8.42 Å². The maximum absolute atomic E-state index is 11.1. The smallest absolute Gasteiger partial charge is 0.328 e. The van der Waals surface area contributed by atoms with E-state index in [1.54, 1.807) is 0 Å². The van der Waals surface area contributed by atoms with E-state index in [2.05, 4.69) is 14.2 Å². The minimum Gasteiger partial charge on any atom is -0.467 e. The van der Waals surface area contributed by atoms with Crippen LogP contribution in [0.3, 0.4) is 0 Å². The van der Waals surface area contributed by atoms with Crippen molar-refractivity contribution in [1.82, 2.24) is 5.32 Å². The zero-order valence-corrected chi connectivity index (χ0v) is 9.74. The lowest BCUT2D eigenvalue weighted by molar-refractivity contribution is -0.143. The van der Waals surface area contributed by atoms with Gasteiger partial charge in [-0.05, 0) is 0 Å². The van der Waals surface area contributed by atoms with E-state index in [0.717, 1.165) is 13.4 Å². The summed E-state index contributed by atoms with van der Waals surface area (Å²) in [5.74, 6) is -1.63. The van der Waals surface area contributed by atoms with Gasteiger partial charge in [0.05, 0.1) is 20.0 Å². The molecule has 0 heterocycles. The Morgan fingerprint density at radius 1 is 1.44 bits per heavy atom. The molecule has 7 nitrogen and oxygen atoms in total. The summed E-state index contributed by atoms with van der Waals surface area (Å²) in [6.07, 6.45) is 0.824. The number of carbonyl (C=O) groups is 2. The summed E-state index contributed by atoms with van der Waals surface area (Å²) in [4.78, 5) is 21.6. The molecule has 16 heavy (non-hydrogen) atoms. The molecular formula is C7H12BNO6S. The van der Waals surface area contributed by atoms with Crippen molar-refractivity contribution in [2.24, 2.45) is 0 Å². The number of nitrogens with one attached hydrogen (secondary N) is 1. The number of rotatable bonds is 6. The van der Waals surface area contributed by atoms with Crippen molar-refractivity contribution in [3.63, 3.8) is 0 Å². The molecule has 1 atom stereocenters. The molecule has 0 saturated heterocycles. The summed E-state index contributed by atoms with van der Waals surface area (Å²) >= 11 is 0. The number of hydrogen-bond donors (Lipinski definition) is 1. The van der Waals surface area contributed by atoms with Gasteiger partial charge < -0.3 is 10.1 Å². The van der Waals surface area contributed by atoms with Crippen LogP contribution in [-0.2, 0) is 23.8 Å². The van der Waals surface area contributed by atoms with Crippen molar-refractivity contribution in [3.8, 4) is 0 Å². The number of hydrogen-bond acceptors (Lipinski definition) is 6. The molecule has 1 amide bonds. The van der Waals surface area contributed by atoms with Crippen LogP contribution in [0.4, 0.5) is 4.79 Å². The Kier molecular flexibility index (Phi) is 6.05. The third-order valence-electron chi connectivity index (χ3n) is 1.51. The number of esters is 1. The van der Waals surface area contributed by atoms with Gasteiger partial charge in [-0.25, -0.2) is 4.79 Å². The van der Waals surface area contributed by atoms with Crippen LogP contribution < -0.4 is 5.32 Å². The molecule has 0 spiro atoms. The highest BCUT2D eigenvalue weighted by molar-refractivity contribution is 7.85. The lowest BCUT2D eigenvalue weighted by atomic mass is 10.1. The second-order valence-corrected chi connectivity index (χ2v) is 4.54. The van der Waals surface area contributed by atoms with Gasteiger partial charge in [0.15, 0.2) is 5.81 Å². The molecule has 2 radical (unpaired) electrons. The SMILES string of the molecule is [B]C(=O)NC(CCOS(C)(=O)=O)C(=O)OC. The summed E-state index contributed by atoms with van der Waals surface area (Å²) < 4.78 is 30.0. The van der Waals surface area contributed by atoms with Gasteiger partial charge >= 0.3 is 5.97 Å². The second kappa shape index (κ2) is 6.49. The van der Waals surface area contributed by atoms with Gasteiger partial charge in [-0.3, -0.25) is 8.98 Å². The number of amides is 1. The summed E-state index contributed by atoms with van der Waals surface area (Å²) in [7, 11) is 2.38. The van der Waals surface area contributed by atoms with Crippen LogP contribution in [0.25, 0.3) is 0 Å². The fourth-order valence-corrected chi connectivity index (χ4v) is 1.28. The fourth-order valence-electron chi connectivity index (χ4n) is 0.880. The minimum atomic E-state index is -3.58. The summed E-state index contributed by atoms with van der Waals surface area (Å²) in [6, 6.07) is -1.02. The van der Waals surface area contributed by atoms with Crippen LogP contribution in [-0.4, -0.2) is 54.1 Å². The first-order valence-corrected chi connectivity index (χ1v) is 6.06. The Balaban J connectivity index is 4.22. The average molecular weight is 249 g/mol. The standard InChI is InChI=1S/C7H12BNO6S/c1-14-6(10)5(9-7(8)11)3-4-15-16(2,12)13/h5H,3-4H2,1-2H3,(H,9,11). The molecule has 0 aromatic rings. The van der Waals surface area contributed by atoms with Crippen molar-refractivity contribution in [2.75, 3.05) is 20.0 Å². The Labute approximate surface area is 95.0 Å². The first kappa shape index (κ1) is 14.9. The van der Waals surface area contributed by atoms with Crippen LogP contribution in [0, 0.1) is 0 Å². The van der Waals surface area contributed by atoms with Gasteiger partial charge in [0.1, 0.15) is 6.04 Å². The maximum atomic E-state index is 11.1. The highest BCUT2D eigenvalue weighted by Crippen LogP contribution is 1.98. The van der Waals surface area contributed by atoms with Crippen LogP contribution in [0.2, 0.25) is 0 Å². The van der Waals surface area contributed by atoms with Crippen LogP contribution >= 0.6 is 0 Å². The van der Waals surface area contributed by atoms with E-state index in [-0.39, 0.29) is 13.0 Å². The summed E-state index contributed by atoms with van der Waals surface area (Å²) in [5.41, 5.74) is 0. The van der Waals surface area contributed by atoms with Crippen molar-refractivity contribution >= 4 is 29.7 Å². The largest absolute Gasteiger partial charge is 0.467 e. The molecule has 90 valence electrons. The molecule has 9 heteroatoms. The van der Waals surface area contributed by atoms with Gasteiger partial charge in [0.25, 0.3) is 10.1 Å². The number of methoxy groups -OCH3 is 1. The van der Waals surface area contributed by atoms with E-state index >= 15 is 0 Å². The Morgan fingerprint density at radius 2 is 2.00 bits per heavy atom. The normalized spacial score (nSPS) is 12.9. The van der Waals surface area contributed by atoms with E-state index in [9.17, 15) is 18.0 Å². The molecule has 0 fully saturated rings. The Morgan fingerprint density at radius 3 is 2.38 bits per heavy atom. The van der Waals surface area contributed by atoms with E-state index < -0.39 is 27.9 Å². The molecule has 0 aliphatic rings. The third-order valence-corrected chi connectivity index (χ3v) is 2.10. The van der Waals surface area contributed by atoms with Gasteiger partial charge in [-0.15, -0.1) is 0 Å². The quantitative estimate of drug-likeness (QED) is 0.359.